The minimum Gasteiger partial charge on any atom is -0.367 e. The lowest BCUT2D eigenvalue weighted by atomic mass is 9.97. The van der Waals surface area contributed by atoms with Crippen LogP contribution in [-0.4, -0.2) is 71.2 Å². The van der Waals surface area contributed by atoms with Crippen molar-refractivity contribution in [3.63, 3.8) is 0 Å². The summed E-state index contributed by atoms with van der Waals surface area (Å²) in [6.45, 7) is 6.44. The topological polar surface area (TPSA) is 86.6 Å². The number of aromatic nitrogens is 3. The van der Waals surface area contributed by atoms with Crippen LogP contribution < -0.4 is 16.0 Å². The molecule has 1 fully saturated rings. The summed E-state index contributed by atoms with van der Waals surface area (Å²) in [5, 5.41) is 14.8. The molecule has 0 saturated carbocycles. The van der Waals surface area contributed by atoms with Crippen molar-refractivity contribution in [2.75, 3.05) is 51.1 Å². The summed E-state index contributed by atoms with van der Waals surface area (Å²) < 4.78 is 1.84. The first-order valence-corrected chi connectivity index (χ1v) is 11.2. The van der Waals surface area contributed by atoms with Crippen molar-refractivity contribution in [3.8, 4) is 11.3 Å². The lowest BCUT2D eigenvalue weighted by molar-refractivity contribution is 0.0946. The molecule has 1 amide bonds. The molecular weight excluding hydrogens is 390 g/mol. The summed E-state index contributed by atoms with van der Waals surface area (Å²) >= 11 is 0. The van der Waals surface area contributed by atoms with Crippen molar-refractivity contribution in [1.29, 1.82) is 0 Å². The van der Waals surface area contributed by atoms with Gasteiger partial charge in [-0.25, -0.2) is 9.50 Å². The summed E-state index contributed by atoms with van der Waals surface area (Å²) in [6, 6.07) is 11.6. The summed E-state index contributed by atoms with van der Waals surface area (Å²) in [5.41, 5.74) is 3.23. The van der Waals surface area contributed by atoms with E-state index in [-0.39, 0.29) is 5.91 Å². The molecule has 4 bridgehead atoms. The SMILES string of the molecule is O=C1NCCN(CC2CCNCC2)CCNc2ccc3ncc(n3n2)-c2cccc1c2. The van der Waals surface area contributed by atoms with Crippen LogP contribution in [0, 0.1) is 5.92 Å². The van der Waals surface area contributed by atoms with Gasteiger partial charge in [-0.05, 0) is 56.1 Å². The maximum Gasteiger partial charge on any atom is 0.251 e. The van der Waals surface area contributed by atoms with Crippen LogP contribution in [-0.2, 0) is 0 Å². The van der Waals surface area contributed by atoms with Crippen LogP contribution in [0.5, 0.6) is 0 Å². The monoisotopic (exact) mass is 419 g/mol. The van der Waals surface area contributed by atoms with Gasteiger partial charge in [-0.2, -0.15) is 0 Å². The molecule has 0 unspecified atom stereocenters. The Morgan fingerprint density at radius 1 is 0.968 bits per heavy atom. The van der Waals surface area contributed by atoms with Gasteiger partial charge in [0.15, 0.2) is 5.65 Å². The molecule has 3 aromatic rings. The molecule has 0 aliphatic carbocycles. The number of carbonyl (C=O) groups excluding carboxylic acids is 1. The second-order valence-electron chi connectivity index (χ2n) is 8.39. The molecule has 31 heavy (non-hydrogen) atoms. The van der Waals surface area contributed by atoms with Gasteiger partial charge in [-0.3, -0.25) is 9.69 Å². The molecule has 8 heteroatoms. The summed E-state index contributed by atoms with van der Waals surface area (Å²) in [5.74, 6) is 1.49. The van der Waals surface area contributed by atoms with Gasteiger partial charge in [0, 0.05) is 43.9 Å². The van der Waals surface area contributed by atoms with E-state index in [1.807, 2.05) is 47.1 Å². The standard InChI is InChI=1S/C23H29N7O/c31-23-19-3-1-2-18(14-19)20-15-27-22-5-4-21(28-30(20)22)25-10-12-29(13-11-26-23)16-17-6-8-24-9-7-17/h1-5,14-15,17,24H,6-13,16H2,(H,25,28)(H,26,31). The normalized spacial score (nSPS) is 18.9. The molecule has 1 saturated heterocycles. The van der Waals surface area contributed by atoms with Crippen molar-refractivity contribution >= 4 is 17.4 Å². The predicted octanol–water partition coefficient (Wildman–Crippen LogP) is 1.85. The Bertz CT molecular complexity index is 1060. The van der Waals surface area contributed by atoms with Gasteiger partial charge in [0.1, 0.15) is 5.82 Å². The number of fused-ring (bicyclic) bond motifs is 4. The van der Waals surface area contributed by atoms with Crippen LogP contribution in [0.2, 0.25) is 0 Å². The number of amides is 1. The largest absolute Gasteiger partial charge is 0.367 e. The fourth-order valence-corrected chi connectivity index (χ4v) is 4.48. The Kier molecular flexibility index (Phi) is 5.82. The minimum absolute atomic E-state index is 0.0425. The van der Waals surface area contributed by atoms with Crippen molar-refractivity contribution < 1.29 is 4.79 Å². The fraction of sp³-hybridized carbons (Fsp3) is 0.435. The number of nitrogens with zero attached hydrogens (tertiary/aromatic N) is 4. The van der Waals surface area contributed by atoms with E-state index in [9.17, 15) is 4.79 Å². The number of nitrogens with one attached hydrogen (secondary N) is 3. The zero-order valence-electron chi connectivity index (χ0n) is 17.7. The maximum atomic E-state index is 12.8. The fourth-order valence-electron chi connectivity index (χ4n) is 4.48. The average molecular weight is 420 g/mol. The molecule has 0 spiro atoms. The van der Waals surface area contributed by atoms with Crippen molar-refractivity contribution in [2.45, 2.75) is 12.8 Å². The van der Waals surface area contributed by atoms with Crippen LogP contribution in [0.4, 0.5) is 5.82 Å². The van der Waals surface area contributed by atoms with E-state index < -0.39 is 0 Å². The molecule has 2 aliphatic heterocycles. The van der Waals surface area contributed by atoms with Crippen molar-refractivity contribution in [2.24, 2.45) is 5.92 Å². The predicted molar refractivity (Wildman–Crippen MR) is 121 cm³/mol. The van der Waals surface area contributed by atoms with Crippen LogP contribution in [0.3, 0.4) is 0 Å². The molecule has 4 heterocycles. The third-order valence-corrected chi connectivity index (χ3v) is 6.21. The first-order chi connectivity index (χ1) is 15.3. The number of imidazole rings is 1. The van der Waals surface area contributed by atoms with E-state index in [1.165, 1.54) is 12.8 Å². The lowest BCUT2D eigenvalue weighted by Gasteiger charge is -2.30. The molecule has 5 rings (SSSR count). The van der Waals surface area contributed by atoms with Crippen molar-refractivity contribution in [3.05, 3.63) is 48.2 Å². The molecule has 2 aromatic heterocycles. The molecule has 1 aromatic carbocycles. The number of rotatable bonds is 2. The Morgan fingerprint density at radius 2 is 1.77 bits per heavy atom. The van der Waals surface area contributed by atoms with E-state index in [2.05, 4.69) is 25.8 Å². The molecule has 3 N–H and O–H groups in total. The van der Waals surface area contributed by atoms with Crippen LogP contribution >= 0.6 is 0 Å². The molecule has 2 aliphatic rings. The van der Waals surface area contributed by atoms with Crippen LogP contribution in [0.15, 0.2) is 42.6 Å². The van der Waals surface area contributed by atoms with Gasteiger partial charge in [0.2, 0.25) is 0 Å². The number of hydrogen-bond donors (Lipinski definition) is 3. The average Bonchev–Trinajstić information content (AvgIpc) is 3.22. The Balaban J connectivity index is 1.42. The van der Waals surface area contributed by atoms with Crippen LogP contribution in [0.1, 0.15) is 23.2 Å². The Morgan fingerprint density at radius 3 is 2.65 bits per heavy atom. The highest BCUT2D eigenvalue weighted by Gasteiger charge is 2.18. The third kappa shape index (κ3) is 4.55. The molecular formula is C23H29N7O. The third-order valence-electron chi connectivity index (χ3n) is 6.21. The highest BCUT2D eigenvalue weighted by molar-refractivity contribution is 5.95. The highest BCUT2D eigenvalue weighted by Crippen LogP contribution is 2.22. The van der Waals surface area contributed by atoms with E-state index in [0.717, 1.165) is 62.0 Å². The second kappa shape index (κ2) is 9.03. The van der Waals surface area contributed by atoms with Gasteiger partial charge in [-0.15, -0.1) is 5.10 Å². The molecule has 162 valence electrons. The van der Waals surface area contributed by atoms with Gasteiger partial charge in [-0.1, -0.05) is 12.1 Å². The number of carbonyl (C=O) groups is 1. The zero-order chi connectivity index (χ0) is 21.0. The van der Waals surface area contributed by atoms with E-state index >= 15 is 0 Å². The maximum absolute atomic E-state index is 12.8. The van der Waals surface area contributed by atoms with Crippen molar-refractivity contribution in [1.82, 2.24) is 30.1 Å². The number of hydrogen-bond acceptors (Lipinski definition) is 6. The lowest BCUT2D eigenvalue weighted by Crippen LogP contribution is -2.42. The molecule has 0 radical (unpaired) electrons. The first-order valence-electron chi connectivity index (χ1n) is 11.2. The highest BCUT2D eigenvalue weighted by atomic mass is 16.1. The summed E-state index contributed by atoms with van der Waals surface area (Å²) in [6.07, 6.45) is 4.23. The zero-order valence-corrected chi connectivity index (χ0v) is 17.7. The number of benzene rings is 1. The molecule has 8 nitrogen and oxygen atoms in total. The number of anilines is 1. The smallest absolute Gasteiger partial charge is 0.251 e. The van der Waals surface area contributed by atoms with E-state index in [0.29, 0.717) is 18.0 Å². The molecule has 0 atom stereocenters. The van der Waals surface area contributed by atoms with E-state index in [1.54, 1.807) is 0 Å². The van der Waals surface area contributed by atoms with E-state index in [4.69, 9.17) is 5.10 Å². The van der Waals surface area contributed by atoms with Gasteiger partial charge >= 0.3 is 0 Å². The quantitative estimate of drug-likeness (QED) is 0.588. The Hall–Kier alpha value is -2.97. The van der Waals surface area contributed by atoms with Gasteiger partial charge in [0.05, 0.1) is 11.9 Å². The van der Waals surface area contributed by atoms with Gasteiger partial charge in [0.25, 0.3) is 5.91 Å². The summed E-state index contributed by atoms with van der Waals surface area (Å²) in [7, 11) is 0. The second-order valence-corrected chi connectivity index (χ2v) is 8.39. The minimum atomic E-state index is -0.0425. The summed E-state index contributed by atoms with van der Waals surface area (Å²) in [4.78, 5) is 19.7. The van der Waals surface area contributed by atoms with Crippen LogP contribution in [0.25, 0.3) is 16.9 Å². The first kappa shape index (κ1) is 20.0. The Labute approximate surface area is 182 Å². The number of piperidine rings is 1. The van der Waals surface area contributed by atoms with Gasteiger partial charge < -0.3 is 16.0 Å².